The van der Waals surface area contributed by atoms with Crippen molar-refractivity contribution >= 4 is 33.7 Å². The number of imide groups is 1. The van der Waals surface area contributed by atoms with Crippen molar-refractivity contribution in [3.05, 3.63) is 64.1 Å². The first-order chi connectivity index (χ1) is 16.6. The molecule has 1 aliphatic rings. The predicted octanol–water partition coefficient (Wildman–Crippen LogP) is 7.08. The lowest BCUT2D eigenvalue weighted by molar-refractivity contribution is -0.274. The number of hydrogen-bond donors (Lipinski definition) is 0. The Morgan fingerprint density at radius 1 is 1.09 bits per heavy atom. The smallest absolute Gasteiger partial charge is 0.449 e. The van der Waals surface area contributed by atoms with E-state index in [1.807, 2.05) is 20.8 Å². The van der Waals surface area contributed by atoms with E-state index in [2.05, 4.69) is 20.7 Å². The topological polar surface area (TPSA) is 72.9 Å². The van der Waals surface area contributed by atoms with Gasteiger partial charge in [-0.1, -0.05) is 73.5 Å². The number of ketones is 1. The molecule has 0 bridgehead atoms. The Morgan fingerprint density at radius 3 is 2.29 bits per heavy atom. The zero-order valence-electron chi connectivity index (χ0n) is 19.6. The summed E-state index contributed by atoms with van der Waals surface area (Å²) < 4.78 is 47.0. The first kappa shape index (κ1) is 28.4. The minimum atomic E-state index is -4.85. The summed E-state index contributed by atoms with van der Waals surface area (Å²) in [6.07, 6.45) is -4.39. The van der Waals surface area contributed by atoms with E-state index in [0.717, 1.165) is 23.5 Å². The number of alkyl halides is 3. The minimum absolute atomic E-state index is 0.0264. The number of rotatable bonds is 7. The van der Waals surface area contributed by atoms with Crippen LogP contribution in [0.1, 0.15) is 62.0 Å². The third-order valence-corrected chi connectivity index (χ3v) is 5.87. The SMILES string of the molecule is CC.CCCCOC(=O)N1C(=O)C(C(=O)c2ccccc2Br)CC1c1ccc(OC(F)(F)F)cc1. The molecule has 190 valence electrons. The number of nitrogens with zero attached hydrogens (tertiary/aromatic N) is 1. The largest absolute Gasteiger partial charge is 0.573 e. The van der Waals surface area contributed by atoms with Gasteiger partial charge in [-0.25, -0.2) is 9.69 Å². The standard InChI is InChI=1S/C23H21BrF3NO5.C2H6/c1-2-3-12-32-22(31)28-19(14-8-10-15(11-9-14)33-23(25,26)27)13-17(21(28)30)20(29)16-6-4-5-7-18(16)24;1-2/h4-11,17,19H,2-3,12-13H2,1H3;1-2H3. The van der Waals surface area contributed by atoms with Gasteiger partial charge < -0.3 is 9.47 Å². The summed E-state index contributed by atoms with van der Waals surface area (Å²) in [4.78, 5) is 39.9. The van der Waals surface area contributed by atoms with E-state index in [-0.39, 0.29) is 13.0 Å². The highest BCUT2D eigenvalue weighted by molar-refractivity contribution is 9.10. The normalized spacial score (nSPS) is 17.5. The Hall–Kier alpha value is -2.88. The van der Waals surface area contributed by atoms with E-state index in [4.69, 9.17) is 4.74 Å². The lowest BCUT2D eigenvalue weighted by atomic mass is 9.92. The van der Waals surface area contributed by atoms with Gasteiger partial charge in [0.15, 0.2) is 5.78 Å². The summed E-state index contributed by atoms with van der Waals surface area (Å²) in [5, 5.41) is 0. The fourth-order valence-electron chi connectivity index (χ4n) is 3.59. The quantitative estimate of drug-likeness (QED) is 0.206. The van der Waals surface area contributed by atoms with E-state index >= 15 is 0 Å². The molecule has 2 unspecified atom stereocenters. The molecule has 1 fully saturated rings. The second-order valence-electron chi connectivity index (χ2n) is 7.44. The van der Waals surface area contributed by atoms with Crippen LogP contribution in [0.2, 0.25) is 0 Å². The fourth-order valence-corrected chi connectivity index (χ4v) is 4.07. The molecule has 10 heteroatoms. The number of unbranched alkanes of at least 4 members (excludes halogenated alkanes) is 1. The number of halogens is 4. The van der Waals surface area contributed by atoms with Crippen LogP contribution in [-0.4, -0.2) is 35.7 Å². The molecule has 1 heterocycles. The molecule has 2 aromatic rings. The molecular weight excluding hydrogens is 531 g/mol. The maximum atomic E-state index is 13.2. The zero-order chi connectivity index (χ0) is 26.2. The zero-order valence-corrected chi connectivity index (χ0v) is 21.2. The van der Waals surface area contributed by atoms with Crippen molar-refractivity contribution in [2.24, 2.45) is 5.92 Å². The molecule has 0 aromatic heterocycles. The molecule has 3 rings (SSSR count). The van der Waals surface area contributed by atoms with Crippen LogP contribution in [0.15, 0.2) is 53.0 Å². The second kappa shape index (κ2) is 12.7. The molecule has 0 radical (unpaired) electrons. The van der Waals surface area contributed by atoms with Crippen LogP contribution in [0.4, 0.5) is 18.0 Å². The first-order valence-corrected chi connectivity index (χ1v) is 12.1. The van der Waals surface area contributed by atoms with Gasteiger partial charge in [0.05, 0.1) is 12.6 Å². The van der Waals surface area contributed by atoms with Gasteiger partial charge in [-0.05, 0) is 36.6 Å². The maximum absolute atomic E-state index is 13.2. The van der Waals surface area contributed by atoms with Gasteiger partial charge >= 0.3 is 12.5 Å². The first-order valence-electron chi connectivity index (χ1n) is 11.3. The number of hydrogen-bond acceptors (Lipinski definition) is 5. The third kappa shape index (κ3) is 7.30. The number of benzene rings is 2. The predicted molar refractivity (Wildman–Crippen MR) is 127 cm³/mol. The third-order valence-electron chi connectivity index (χ3n) is 5.18. The van der Waals surface area contributed by atoms with Gasteiger partial charge in [-0.3, -0.25) is 9.59 Å². The fraction of sp³-hybridized carbons (Fsp3) is 0.400. The molecule has 0 saturated carbocycles. The Bertz CT molecular complexity index is 1030. The summed E-state index contributed by atoms with van der Waals surface area (Å²) in [5.41, 5.74) is 0.678. The minimum Gasteiger partial charge on any atom is -0.449 e. The van der Waals surface area contributed by atoms with Gasteiger partial charge in [-0.15, -0.1) is 13.2 Å². The van der Waals surface area contributed by atoms with Crippen LogP contribution < -0.4 is 4.74 Å². The highest BCUT2D eigenvalue weighted by Gasteiger charge is 2.48. The summed E-state index contributed by atoms with van der Waals surface area (Å²) >= 11 is 3.30. The van der Waals surface area contributed by atoms with Crippen LogP contribution in [0, 0.1) is 5.92 Å². The van der Waals surface area contributed by atoms with E-state index in [1.54, 1.807) is 24.3 Å². The molecule has 0 spiro atoms. The highest BCUT2D eigenvalue weighted by atomic mass is 79.9. The van der Waals surface area contributed by atoms with Crippen molar-refractivity contribution in [2.75, 3.05) is 6.61 Å². The monoisotopic (exact) mass is 557 g/mol. The van der Waals surface area contributed by atoms with Gasteiger partial charge in [0, 0.05) is 10.0 Å². The van der Waals surface area contributed by atoms with E-state index in [9.17, 15) is 27.6 Å². The summed E-state index contributed by atoms with van der Waals surface area (Å²) in [7, 11) is 0. The average Bonchev–Trinajstić information content (AvgIpc) is 3.17. The molecule has 35 heavy (non-hydrogen) atoms. The number of carbonyl (C=O) groups excluding carboxylic acids is 3. The molecule has 6 nitrogen and oxygen atoms in total. The number of amides is 2. The van der Waals surface area contributed by atoms with Crippen LogP contribution in [0.5, 0.6) is 5.75 Å². The van der Waals surface area contributed by atoms with Crippen molar-refractivity contribution in [3.8, 4) is 5.75 Å². The van der Waals surface area contributed by atoms with Crippen molar-refractivity contribution < 1.29 is 37.0 Å². The average molecular weight is 558 g/mol. The number of likely N-dealkylation sites (tertiary alicyclic amines) is 1. The maximum Gasteiger partial charge on any atom is 0.573 e. The van der Waals surface area contributed by atoms with E-state index in [1.165, 1.54) is 12.1 Å². The van der Waals surface area contributed by atoms with Gasteiger partial charge in [0.2, 0.25) is 5.91 Å². The molecule has 1 saturated heterocycles. The van der Waals surface area contributed by atoms with Gasteiger partial charge in [0.1, 0.15) is 11.7 Å². The Morgan fingerprint density at radius 2 is 1.71 bits per heavy atom. The molecule has 0 aliphatic carbocycles. The number of Topliss-reactive ketones (excluding diaryl/α,β-unsaturated/α-hetero) is 1. The molecular formula is C25H27BrF3NO5. The van der Waals surface area contributed by atoms with Gasteiger partial charge in [0.25, 0.3) is 0 Å². The van der Waals surface area contributed by atoms with Crippen molar-refractivity contribution in [1.82, 2.24) is 4.90 Å². The van der Waals surface area contributed by atoms with E-state index in [0.29, 0.717) is 22.0 Å². The summed E-state index contributed by atoms with van der Waals surface area (Å²) in [6, 6.07) is 10.6. The van der Waals surface area contributed by atoms with Crippen molar-refractivity contribution in [2.45, 2.75) is 52.4 Å². The van der Waals surface area contributed by atoms with Crippen LogP contribution >= 0.6 is 15.9 Å². The number of carbonyl (C=O) groups is 3. The molecule has 2 amide bonds. The van der Waals surface area contributed by atoms with Crippen molar-refractivity contribution in [3.63, 3.8) is 0 Å². The van der Waals surface area contributed by atoms with Gasteiger partial charge in [-0.2, -0.15) is 0 Å². The summed E-state index contributed by atoms with van der Waals surface area (Å²) in [6.45, 7) is 6.02. The Kier molecular flexibility index (Phi) is 10.3. The Labute approximate surface area is 210 Å². The van der Waals surface area contributed by atoms with Crippen LogP contribution in [0.25, 0.3) is 0 Å². The highest BCUT2D eigenvalue weighted by Crippen LogP contribution is 2.40. The van der Waals surface area contributed by atoms with Crippen LogP contribution in [0.3, 0.4) is 0 Å². The van der Waals surface area contributed by atoms with E-state index < -0.39 is 41.9 Å². The number of ether oxygens (including phenoxy) is 2. The van der Waals surface area contributed by atoms with Crippen molar-refractivity contribution in [1.29, 1.82) is 0 Å². The molecule has 2 atom stereocenters. The molecule has 1 aliphatic heterocycles. The van der Waals surface area contributed by atoms with Crippen LogP contribution in [-0.2, 0) is 9.53 Å². The lowest BCUT2D eigenvalue weighted by Crippen LogP contribution is -2.37. The summed E-state index contributed by atoms with van der Waals surface area (Å²) in [5.74, 6) is -2.75. The molecule has 2 aromatic carbocycles. The second-order valence-corrected chi connectivity index (χ2v) is 8.30. The molecule has 0 N–H and O–H groups in total. The lowest BCUT2D eigenvalue weighted by Gasteiger charge is -2.23. The Balaban J connectivity index is 0.00000210.